The SMILES string of the molecule is Cc1ccc(C(=O)N2CCO[C@@H](c3nccnc3N(C)C)C2)c(=O)n1C. The van der Waals surface area contributed by atoms with Crippen LogP contribution in [0.15, 0.2) is 29.3 Å². The molecule has 0 bridgehead atoms. The summed E-state index contributed by atoms with van der Waals surface area (Å²) in [4.78, 5) is 37.6. The van der Waals surface area contributed by atoms with Gasteiger partial charge in [-0.15, -0.1) is 0 Å². The maximum atomic E-state index is 12.9. The lowest BCUT2D eigenvalue weighted by atomic mass is 10.1. The van der Waals surface area contributed by atoms with Gasteiger partial charge in [-0.25, -0.2) is 4.98 Å². The van der Waals surface area contributed by atoms with E-state index >= 15 is 0 Å². The van der Waals surface area contributed by atoms with E-state index in [1.54, 1.807) is 36.5 Å². The third-order valence-corrected chi connectivity index (χ3v) is 4.57. The van der Waals surface area contributed by atoms with Gasteiger partial charge >= 0.3 is 0 Å². The molecule has 1 aliphatic rings. The predicted molar refractivity (Wildman–Crippen MR) is 97.4 cm³/mol. The number of anilines is 1. The van der Waals surface area contributed by atoms with Gasteiger partial charge in [0, 0.05) is 45.8 Å². The zero-order valence-electron chi connectivity index (χ0n) is 15.5. The molecule has 1 saturated heterocycles. The van der Waals surface area contributed by atoms with Gasteiger partial charge in [-0.1, -0.05) is 0 Å². The summed E-state index contributed by atoms with van der Waals surface area (Å²) in [6.45, 7) is 2.97. The number of aryl methyl sites for hydroxylation is 1. The number of pyridine rings is 1. The highest BCUT2D eigenvalue weighted by Crippen LogP contribution is 2.27. The van der Waals surface area contributed by atoms with Crippen molar-refractivity contribution in [2.24, 2.45) is 7.05 Å². The van der Waals surface area contributed by atoms with Crippen LogP contribution in [0.2, 0.25) is 0 Å². The van der Waals surface area contributed by atoms with Crippen LogP contribution in [-0.4, -0.2) is 59.1 Å². The molecule has 1 aliphatic heterocycles. The summed E-state index contributed by atoms with van der Waals surface area (Å²) in [7, 11) is 5.43. The van der Waals surface area contributed by atoms with Crippen LogP contribution in [0.5, 0.6) is 0 Å². The quantitative estimate of drug-likeness (QED) is 0.807. The number of carbonyl (C=O) groups excluding carboxylic acids is 1. The number of nitrogens with zero attached hydrogens (tertiary/aromatic N) is 5. The number of morpholine rings is 1. The number of rotatable bonds is 3. The first kappa shape index (κ1) is 18.1. The number of amides is 1. The van der Waals surface area contributed by atoms with E-state index < -0.39 is 0 Å². The van der Waals surface area contributed by atoms with Gasteiger partial charge in [0.05, 0.1) is 13.2 Å². The van der Waals surface area contributed by atoms with Crippen molar-refractivity contribution in [1.29, 1.82) is 0 Å². The van der Waals surface area contributed by atoms with Crippen molar-refractivity contribution in [3.63, 3.8) is 0 Å². The van der Waals surface area contributed by atoms with Gasteiger partial charge in [0.25, 0.3) is 11.5 Å². The Morgan fingerprint density at radius 2 is 2.00 bits per heavy atom. The molecule has 0 spiro atoms. The summed E-state index contributed by atoms with van der Waals surface area (Å²) in [5.41, 5.74) is 1.38. The van der Waals surface area contributed by atoms with Crippen molar-refractivity contribution in [3.05, 3.63) is 51.8 Å². The fourth-order valence-electron chi connectivity index (χ4n) is 2.97. The maximum Gasteiger partial charge on any atom is 0.263 e. The highest BCUT2D eigenvalue weighted by atomic mass is 16.5. The van der Waals surface area contributed by atoms with Crippen molar-refractivity contribution < 1.29 is 9.53 Å². The van der Waals surface area contributed by atoms with Gasteiger partial charge < -0.3 is 19.1 Å². The Kier molecular flexibility index (Phi) is 5.03. The van der Waals surface area contributed by atoms with Crippen molar-refractivity contribution in [2.75, 3.05) is 38.7 Å². The molecule has 2 aromatic heterocycles. The molecule has 2 aromatic rings. The van der Waals surface area contributed by atoms with Crippen LogP contribution in [0.4, 0.5) is 5.82 Å². The summed E-state index contributed by atoms with van der Waals surface area (Å²) in [6, 6.07) is 3.37. The van der Waals surface area contributed by atoms with Crippen LogP contribution in [-0.2, 0) is 11.8 Å². The summed E-state index contributed by atoms with van der Waals surface area (Å²) >= 11 is 0. The Morgan fingerprint density at radius 3 is 2.73 bits per heavy atom. The summed E-state index contributed by atoms with van der Waals surface area (Å²) in [6.07, 6.45) is 2.86. The van der Waals surface area contributed by atoms with Crippen LogP contribution >= 0.6 is 0 Å². The zero-order chi connectivity index (χ0) is 18.8. The molecule has 0 radical (unpaired) electrons. The van der Waals surface area contributed by atoms with E-state index in [9.17, 15) is 9.59 Å². The van der Waals surface area contributed by atoms with E-state index in [4.69, 9.17) is 4.74 Å². The monoisotopic (exact) mass is 357 g/mol. The molecule has 0 N–H and O–H groups in total. The molecule has 1 amide bonds. The van der Waals surface area contributed by atoms with E-state index in [1.165, 1.54) is 4.57 Å². The standard InChI is InChI=1S/C18H23N5O3/c1-12-5-6-13(17(24)22(12)4)18(25)23-9-10-26-14(11-23)15-16(21(2)3)20-8-7-19-15/h5-8,14H,9-11H2,1-4H3/t14-/m1/s1. The van der Waals surface area contributed by atoms with Gasteiger partial charge in [-0.2, -0.15) is 0 Å². The fourth-order valence-corrected chi connectivity index (χ4v) is 2.97. The molecule has 3 heterocycles. The Morgan fingerprint density at radius 1 is 1.27 bits per heavy atom. The molecule has 8 nitrogen and oxygen atoms in total. The van der Waals surface area contributed by atoms with Crippen molar-refractivity contribution in [2.45, 2.75) is 13.0 Å². The molecule has 0 aromatic carbocycles. The molecule has 3 rings (SSSR count). The van der Waals surface area contributed by atoms with Crippen LogP contribution < -0.4 is 10.5 Å². The van der Waals surface area contributed by atoms with Crippen LogP contribution in [0.1, 0.15) is 27.8 Å². The summed E-state index contributed by atoms with van der Waals surface area (Å²) in [5, 5.41) is 0. The first-order valence-corrected chi connectivity index (χ1v) is 8.46. The predicted octanol–water partition coefficient (Wildman–Crippen LogP) is 0.763. The molecular weight excluding hydrogens is 334 g/mol. The Hall–Kier alpha value is -2.74. The minimum atomic E-state index is -0.381. The van der Waals surface area contributed by atoms with E-state index in [2.05, 4.69) is 9.97 Å². The molecule has 1 fully saturated rings. The molecule has 138 valence electrons. The largest absolute Gasteiger partial charge is 0.368 e. The molecule has 26 heavy (non-hydrogen) atoms. The highest BCUT2D eigenvalue weighted by molar-refractivity contribution is 5.94. The minimum absolute atomic E-state index is 0.172. The number of hydrogen-bond donors (Lipinski definition) is 0. The lowest BCUT2D eigenvalue weighted by molar-refractivity contribution is -0.0247. The number of hydrogen-bond acceptors (Lipinski definition) is 6. The third kappa shape index (κ3) is 3.32. The number of aromatic nitrogens is 3. The zero-order valence-corrected chi connectivity index (χ0v) is 15.5. The Bertz CT molecular complexity index is 877. The summed E-state index contributed by atoms with van der Waals surface area (Å²) < 4.78 is 7.32. The highest BCUT2D eigenvalue weighted by Gasteiger charge is 2.30. The van der Waals surface area contributed by atoms with E-state index in [-0.39, 0.29) is 23.1 Å². The van der Waals surface area contributed by atoms with Gasteiger partial charge in [0.1, 0.15) is 17.4 Å². The minimum Gasteiger partial charge on any atom is -0.368 e. The second-order valence-electron chi connectivity index (χ2n) is 6.52. The van der Waals surface area contributed by atoms with Crippen LogP contribution in [0.25, 0.3) is 0 Å². The lowest BCUT2D eigenvalue weighted by Crippen LogP contribution is -2.44. The molecular formula is C18H23N5O3. The van der Waals surface area contributed by atoms with Crippen molar-refractivity contribution >= 4 is 11.7 Å². The molecule has 0 aliphatic carbocycles. The molecule has 1 atom stereocenters. The van der Waals surface area contributed by atoms with Gasteiger partial charge in [0.15, 0.2) is 5.82 Å². The summed E-state index contributed by atoms with van der Waals surface area (Å²) in [5.74, 6) is 0.423. The van der Waals surface area contributed by atoms with Crippen molar-refractivity contribution in [3.8, 4) is 0 Å². The smallest absolute Gasteiger partial charge is 0.263 e. The first-order valence-electron chi connectivity index (χ1n) is 8.46. The normalized spacial score (nSPS) is 17.2. The van der Waals surface area contributed by atoms with Gasteiger partial charge in [-0.3, -0.25) is 14.6 Å². The van der Waals surface area contributed by atoms with Gasteiger partial charge in [-0.05, 0) is 19.1 Å². The second-order valence-corrected chi connectivity index (χ2v) is 6.52. The van der Waals surface area contributed by atoms with Gasteiger partial charge in [0.2, 0.25) is 0 Å². The first-order chi connectivity index (χ1) is 12.4. The fraction of sp³-hybridized carbons (Fsp3) is 0.444. The lowest BCUT2D eigenvalue weighted by Gasteiger charge is -2.33. The number of carbonyl (C=O) groups is 1. The molecule has 0 saturated carbocycles. The Balaban J connectivity index is 1.87. The van der Waals surface area contributed by atoms with E-state index in [0.717, 1.165) is 5.69 Å². The topological polar surface area (TPSA) is 80.6 Å². The maximum absolute atomic E-state index is 12.9. The molecule has 0 unspecified atom stereocenters. The average Bonchev–Trinajstić information content (AvgIpc) is 2.66. The number of ether oxygens (including phenoxy) is 1. The van der Waals surface area contributed by atoms with Crippen molar-refractivity contribution in [1.82, 2.24) is 19.4 Å². The van der Waals surface area contributed by atoms with Crippen LogP contribution in [0, 0.1) is 6.92 Å². The average molecular weight is 357 g/mol. The van der Waals surface area contributed by atoms with E-state index in [0.29, 0.717) is 31.2 Å². The van der Waals surface area contributed by atoms with E-state index in [1.807, 2.05) is 25.9 Å². The third-order valence-electron chi connectivity index (χ3n) is 4.57. The van der Waals surface area contributed by atoms with Crippen LogP contribution in [0.3, 0.4) is 0 Å². The molecule has 8 heteroatoms. The second kappa shape index (κ2) is 7.25. The Labute approximate surface area is 152 Å².